The maximum Gasteiger partial charge on any atom is 0.231 e. The predicted molar refractivity (Wildman–Crippen MR) is 119 cm³/mol. The van der Waals surface area contributed by atoms with E-state index in [4.69, 9.17) is 23.7 Å². The zero-order valence-corrected chi connectivity index (χ0v) is 18.4. The van der Waals surface area contributed by atoms with Crippen LogP contribution in [-0.2, 0) is 6.54 Å². The molecule has 0 saturated carbocycles. The van der Waals surface area contributed by atoms with Crippen LogP contribution < -0.4 is 34.3 Å². The number of hydrogen-bond donors (Lipinski definition) is 2. The molecule has 8 nitrogen and oxygen atoms in total. The number of rotatable bonds is 7. The predicted octanol–water partition coefficient (Wildman–Crippen LogP) is 2.90. The van der Waals surface area contributed by atoms with Crippen molar-refractivity contribution in [2.75, 3.05) is 33.3 Å². The average Bonchev–Trinajstić information content (AvgIpc) is 3.37. The third-order valence-electron chi connectivity index (χ3n) is 4.21. The van der Waals surface area contributed by atoms with Crippen molar-refractivity contribution in [2.24, 2.45) is 4.99 Å². The van der Waals surface area contributed by atoms with E-state index in [1.807, 2.05) is 43.3 Å². The minimum atomic E-state index is 0. The summed E-state index contributed by atoms with van der Waals surface area (Å²) < 4.78 is 27.2. The molecule has 156 valence electrons. The molecule has 2 heterocycles. The quantitative estimate of drug-likeness (QED) is 0.255. The van der Waals surface area contributed by atoms with Gasteiger partial charge in [0.15, 0.2) is 29.0 Å². The third kappa shape index (κ3) is 5.49. The molecule has 0 aromatic heterocycles. The van der Waals surface area contributed by atoms with Crippen LogP contribution in [-0.4, -0.2) is 39.2 Å². The maximum absolute atomic E-state index is 5.76. The smallest absolute Gasteiger partial charge is 0.231 e. The Hall–Kier alpha value is -2.56. The average molecular weight is 513 g/mol. The van der Waals surface area contributed by atoms with Crippen LogP contribution in [0.4, 0.5) is 0 Å². The molecule has 2 aliphatic heterocycles. The standard InChI is InChI=1S/C20H23N3O5.HI/c1-2-21-20(23-11-14-3-5-16-18(9-14)27-12-25-16)22-7-8-24-15-4-6-17-19(10-15)28-13-26-17;/h3-6,9-10H,2,7-8,11-13H2,1H3,(H2,21,22,23);1H. The molecule has 0 saturated heterocycles. The lowest BCUT2D eigenvalue weighted by atomic mass is 10.2. The second-order valence-electron chi connectivity index (χ2n) is 6.17. The van der Waals surface area contributed by atoms with Crippen LogP contribution in [0.3, 0.4) is 0 Å². The monoisotopic (exact) mass is 513 g/mol. The molecule has 2 aromatic carbocycles. The van der Waals surface area contributed by atoms with E-state index in [0.717, 1.165) is 41.1 Å². The molecule has 2 N–H and O–H groups in total. The van der Waals surface area contributed by atoms with Crippen LogP contribution in [0.5, 0.6) is 28.7 Å². The summed E-state index contributed by atoms with van der Waals surface area (Å²) in [5.41, 5.74) is 1.05. The van der Waals surface area contributed by atoms with Crippen LogP contribution in [0, 0.1) is 0 Å². The van der Waals surface area contributed by atoms with Crippen LogP contribution in [0.25, 0.3) is 0 Å². The van der Waals surface area contributed by atoms with Gasteiger partial charge in [0.2, 0.25) is 13.6 Å². The fraction of sp³-hybridized carbons (Fsp3) is 0.350. The van der Waals surface area contributed by atoms with Gasteiger partial charge in [-0.05, 0) is 36.8 Å². The van der Waals surface area contributed by atoms with Crippen LogP contribution in [0.1, 0.15) is 12.5 Å². The van der Waals surface area contributed by atoms with Crippen molar-refractivity contribution in [3.05, 3.63) is 42.0 Å². The number of ether oxygens (including phenoxy) is 5. The molecule has 0 unspecified atom stereocenters. The highest BCUT2D eigenvalue weighted by atomic mass is 127. The Balaban J connectivity index is 0.00000240. The number of guanidine groups is 1. The summed E-state index contributed by atoms with van der Waals surface area (Å²) in [6.07, 6.45) is 0. The van der Waals surface area contributed by atoms with Gasteiger partial charge >= 0.3 is 0 Å². The molecule has 0 radical (unpaired) electrons. The molecule has 9 heteroatoms. The Kier molecular flexibility index (Phi) is 7.50. The molecule has 2 aliphatic rings. The Bertz CT molecular complexity index is 862. The zero-order chi connectivity index (χ0) is 19.2. The van der Waals surface area contributed by atoms with E-state index in [1.165, 1.54) is 0 Å². The Labute approximate surface area is 186 Å². The van der Waals surface area contributed by atoms with Gasteiger partial charge in [-0.1, -0.05) is 6.07 Å². The highest BCUT2D eigenvalue weighted by molar-refractivity contribution is 14.0. The Morgan fingerprint density at radius 3 is 2.38 bits per heavy atom. The molecular formula is C20H24IN3O5. The molecule has 0 amide bonds. The van der Waals surface area contributed by atoms with Gasteiger partial charge in [-0.15, -0.1) is 24.0 Å². The SMILES string of the molecule is CCNC(=NCc1ccc2c(c1)OCO2)NCCOc1ccc2c(c1)OCO2.I. The summed E-state index contributed by atoms with van der Waals surface area (Å²) in [7, 11) is 0. The molecule has 0 fully saturated rings. The van der Waals surface area contributed by atoms with Crippen molar-refractivity contribution >= 4 is 29.9 Å². The zero-order valence-electron chi connectivity index (χ0n) is 16.1. The van der Waals surface area contributed by atoms with Gasteiger partial charge < -0.3 is 34.3 Å². The van der Waals surface area contributed by atoms with Crippen molar-refractivity contribution in [2.45, 2.75) is 13.5 Å². The highest BCUT2D eigenvalue weighted by Gasteiger charge is 2.14. The largest absolute Gasteiger partial charge is 0.492 e. The third-order valence-corrected chi connectivity index (χ3v) is 4.21. The first kappa shape index (κ1) is 21.2. The molecule has 4 rings (SSSR count). The number of halogens is 1. The molecule has 2 aromatic rings. The van der Waals surface area contributed by atoms with Crippen molar-refractivity contribution in [3.8, 4) is 28.7 Å². The van der Waals surface area contributed by atoms with Gasteiger partial charge in [0.25, 0.3) is 0 Å². The first-order valence-corrected chi connectivity index (χ1v) is 9.25. The summed E-state index contributed by atoms with van der Waals surface area (Å²) in [6.45, 7) is 4.98. The molecule has 0 aliphatic carbocycles. The van der Waals surface area contributed by atoms with Crippen molar-refractivity contribution in [3.63, 3.8) is 0 Å². The van der Waals surface area contributed by atoms with Crippen molar-refractivity contribution in [1.82, 2.24) is 10.6 Å². The second-order valence-corrected chi connectivity index (χ2v) is 6.17. The van der Waals surface area contributed by atoms with Gasteiger partial charge in [-0.25, -0.2) is 4.99 Å². The van der Waals surface area contributed by atoms with E-state index in [9.17, 15) is 0 Å². The normalized spacial score (nSPS) is 13.6. The fourth-order valence-electron chi connectivity index (χ4n) is 2.86. The van der Waals surface area contributed by atoms with E-state index >= 15 is 0 Å². The lowest BCUT2D eigenvalue weighted by Crippen LogP contribution is -2.39. The van der Waals surface area contributed by atoms with E-state index in [2.05, 4.69) is 15.6 Å². The lowest BCUT2D eigenvalue weighted by Gasteiger charge is -2.12. The van der Waals surface area contributed by atoms with E-state index in [1.54, 1.807) is 0 Å². The van der Waals surface area contributed by atoms with Gasteiger partial charge in [0.05, 0.1) is 13.1 Å². The van der Waals surface area contributed by atoms with Crippen LogP contribution in [0.2, 0.25) is 0 Å². The van der Waals surface area contributed by atoms with E-state index in [-0.39, 0.29) is 37.6 Å². The summed E-state index contributed by atoms with van der Waals surface area (Å²) in [5, 5.41) is 6.50. The minimum absolute atomic E-state index is 0. The number of fused-ring (bicyclic) bond motifs is 2. The number of aliphatic imine (C=N–C) groups is 1. The summed E-state index contributed by atoms with van der Waals surface area (Å²) >= 11 is 0. The van der Waals surface area contributed by atoms with Crippen LogP contribution >= 0.6 is 24.0 Å². The summed E-state index contributed by atoms with van der Waals surface area (Å²) in [4.78, 5) is 4.61. The number of benzene rings is 2. The number of nitrogens with zero attached hydrogens (tertiary/aromatic N) is 1. The number of nitrogens with one attached hydrogen (secondary N) is 2. The van der Waals surface area contributed by atoms with Gasteiger partial charge in [0, 0.05) is 12.6 Å². The number of hydrogen-bond acceptors (Lipinski definition) is 6. The van der Waals surface area contributed by atoms with E-state index < -0.39 is 0 Å². The first-order valence-electron chi connectivity index (χ1n) is 9.25. The fourth-order valence-corrected chi connectivity index (χ4v) is 2.86. The summed E-state index contributed by atoms with van der Waals surface area (Å²) in [5.74, 6) is 4.48. The van der Waals surface area contributed by atoms with Gasteiger partial charge in [-0.2, -0.15) is 0 Å². The van der Waals surface area contributed by atoms with Gasteiger partial charge in [-0.3, -0.25) is 0 Å². The van der Waals surface area contributed by atoms with Crippen molar-refractivity contribution < 1.29 is 23.7 Å². The van der Waals surface area contributed by atoms with Crippen LogP contribution in [0.15, 0.2) is 41.4 Å². The topological polar surface area (TPSA) is 82.6 Å². The molecule has 29 heavy (non-hydrogen) atoms. The summed E-state index contributed by atoms with van der Waals surface area (Å²) in [6, 6.07) is 11.4. The maximum atomic E-state index is 5.76. The van der Waals surface area contributed by atoms with Gasteiger partial charge in [0.1, 0.15) is 12.4 Å². The highest BCUT2D eigenvalue weighted by Crippen LogP contribution is 2.35. The minimum Gasteiger partial charge on any atom is -0.492 e. The molecule has 0 atom stereocenters. The van der Waals surface area contributed by atoms with E-state index in [0.29, 0.717) is 25.4 Å². The lowest BCUT2D eigenvalue weighted by molar-refractivity contribution is 0.173. The Morgan fingerprint density at radius 2 is 1.62 bits per heavy atom. The molecular weight excluding hydrogens is 489 g/mol. The Morgan fingerprint density at radius 1 is 0.931 bits per heavy atom. The second kappa shape index (κ2) is 10.3. The molecule has 0 bridgehead atoms. The first-order chi connectivity index (χ1) is 13.8. The van der Waals surface area contributed by atoms with Crippen molar-refractivity contribution in [1.29, 1.82) is 0 Å². The molecule has 0 spiro atoms.